The molecule has 154 valence electrons. The van der Waals surface area contributed by atoms with Gasteiger partial charge in [-0.1, -0.05) is 11.6 Å². The van der Waals surface area contributed by atoms with E-state index in [-0.39, 0.29) is 0 Å². The number of carboxylic acid groups (broad SMARTS) is 1. The number of hydrogen-bond donors (Lipinski definition) is 3. The average molecular weight is 417 g/mol. The minimum atomic E-state index is -1.16. The lowest BCUT2D eigenvalue weighted by Crippen LogP contribution is -2.26. The maximum absolute atomic E-state index is 11.7. The summed E-state index contributed by atoms with van der Waals surface area (Å²) < 4.78 is 6.04. The second kappa shape index (κ2) is 9.18. The molecule has 0 spiro atoms. The van der Waals surface area contributed by atoms with Crippen LogP contribution in [0, 0.1) is 13.8 Å². The zero-order valence-electron chi connectivity index (χ0n) is 16.5. The van der Waals surface area contributed by atoms with Gasteiger partial charge < -0.3 is 20.5 Å². The molecule has 1 aliphatic rings. The van der Waals surface area contributed by atoms with Gasteiger partial charge in [0.2, 0.25) is 5.91 Å². The number of benzene rings is 2. The van der Waals surface area contributed by atoms with Crippen LogP contribution in [-0.4, -0.2) is 23.0 Å². The van der Waals surface area contributed by atoms with Crippen LogP contribution in [0.4, 0.5) is 11.4 Å². The number of carbonyl (C=O) groups excluding carboxylic acids is 1. The first kappa shape index (κ1) is 21.0. The Morgan fingerprint density at radius 1 is 1.10 bits per heavy atom. The minimum Gasteiger partial charge on any atom is -0.488 e. The fourth-order valence-electron chi connectivity index (χ4n) is 3.35. The molecule has 0 heterocycles. The van der Waals surface area contributed by atoms with E-state index in [0.717, 1.165) is 28.1 Å². The summed E-state index contributed by atoms with van der Waals surface area (Å²) in [6, 6.07) is 9.92. The second-order valence-electron chi connectivity index (χ2n) is 7.47. The molecule has 1 aliphatic carbocycles. The molecular formula is C22H25ClN2O4. The number of amides is 1. The van der Waals surface area contributed by atoms with Crippen LogP contribution in [0.2, 0.25) is 5.02 Å². The Balaban J connectivity index is 1.67. The quantitative estimate of drug-likeness (QED) is 0.532. The van der Waals surface area contributed by atoms with Gasteiger partial charge in [-0.25, -0.2) is 0 Å². The summed E-state index contributed by atoms with van der Waals surface area (Å²) in [5.41, 5.74) is 4.23. The molecule has 0 saturated heterocycles. The van der Waals surface area contributed by atoms with E-state index in [1.807, 2.05) is 26.0 Å². The largest absolute Gasteiger partial charge is 0.488 e. The number of anilines is 2. The van der Waals surface area contributed by atoms with Crippen molar-refractivity contribution in [2.75, 3.05) is 10.6 Å². The van der Waals surface area contributed by atoms with Crippen molar-refractivity contribution in [1.82, 2.24) is 0 Å². The number of carbonyl (C=O) groups is 2. The van der Waals surface area contributed by atoms with Gasteiger partial charge in [-0.2, -0.15) is 0 Å². The molecule has 0 unspecified atom stereocenters. The predicted molar refractivity (Wildman–Crippen MR) is 114 cm³/mol. The Kier molecular flexibility index (Phi) is 6.64. The summed E-state index contributed by atoms with van der Waals surface area (Å²) in [6.45, 7) is 4.14. The lowest BCUT2D eigenvalue weighted by atomic mass is 9.93. The summed E-state index contributed by atoms with van der Waals surface area (Å²) in [4.78, 5) is 22.3. The lowest BCUT2D eigenvalue weighted by molar-refractivity contribution is -0.139. The van der Waals surface area contributed by atoms with Crippen LogP contribution in [-0.2, 0) is 16.2 Å². The lowest BCUT2D eigenvalue weighted by Gasteiger charge is -2.27. The zero-order valence-corrected chi connectivity index (χ0v) is 17.3. The molecule has 1 fully saturated rings. The first-order valence-electron chi connectivity index (χ1n) is 9.62. The van der Waals surface area contributed by atoms with Crippen molar-refractivity contribution >= 4 is 34.9 Å². The summed E-state index contributed by atoms with van der Waals surface area (Å²) in [6.07, 6.45) is 3.07. The molecule has 2 aromatic rings. The first-order valence-corrected chi connectivity index (χ1v) is 9.99. The van der Waals surface area contributed by atoms with Crippen molar-refractivity contribution in [1.29, 1.82) is 0 Å². The van der Waals surface area contributed by atoms with E-state index in [1.165, 1.54) is 19.3 Å². The molecule has 1 amide bonds. The average Bonchev–Trinajstić information content (AvgIpc) is 2.56. The molecule has 0 radical (unpaired) electrons. The van der Waals surface area contributed by atoms with Crippen LogP contribution in [0.1, 0.15) is 42.4 Å². The van der Waals surface area contributed by atoms with E-state index in [0.29, 0.717) is 23.4 Å². The fraction of sp³-hybridized carbons (Fsp3) is 0.364. The topological polar surface area (TPSA) is 87.7 Å². The Morgan fingerprint density at radius 3 is 2.38 bits per heavy atom. The second-order valence-corrected chi connectivity index (χ2v) is 7.90. The summed E-state index contributed by atoms with van der Waals surface area (Å²) in [5.74, 6) is -0.992. The van der Waals surface area contributed by atoms with E-state index >= 15 is 0 Å². The highest BCUT2D eigenvalue weighted by Gasteiger charge is 2.17. The monoisotopic (exact) mass is 416 g/mol. The van der Waals surface area contributed by atoms with Crippen molar-refractivity contribution in [3.05, 3.63) is 52.0 Å². The molecular weight excluding hydrogens is 392 g/mol. The van der Waals surface area contributed by atoms with Gasteiger partial charge in [0.1, 0.15) is 18.8 Å². The standard InChI is InChI=1S/C22H25ClN2O4/c1-13-6-18(25-20(26)11-21(27)28)7-14(2)22(13)29-12-15-8-16(23)10-19(9-15)24-17-4-3-5-17/h6-10,17,24H,3-5,11-12H2,1-2H3,(H,25,26)(H,27,28). The third-order valence-electron chi connectivity index (χ3n) is 4.87. The van der Waals surface area contributed by atoms with E-state index in [9.17, 15) is 9.59 Å². The van der Waals surface area contributed by atoms with Gasteiger partial charge in [0.05, 0.1) is 0 Å². The number of aryl methyl sites for hydroxylation is 2. The maximum Gasteiger partial charge on any atom is 0.312 e. The molecule has 29 heavy (non-hydrogen) atoms. The highest BCUT2D eigenvalue weighted by Crippen LogP contribution is 2.30. The van der Waals surface area contributed by atoms with E-state index in [4.69, 9.17) is 21.4 Å². The van der Waals surface area contributed by atoms with Gasteiger partial charge in [0.25, 0.3) is 0 Å². The Bertz CT molecular complexity index is 902. The van der Waals surface area contributed by atoms with E-state index in [2.05, 4.69) is 16.7 Å². The molecule has 1 saturated carbocycles. The van der Waals surface area contributed by atoms with Crippen LogP contribution < -0.4 is 15.4 Å². The van der Waals surface area contributed by atoms with Gasteiger partial charge in [-0.15, -0.1) is 0 Å². The van der Waals surface area contributed by atoms with E-state index < -0.39 is 18.3 Å². The number of carboxylic acids is 1. The molecule has 3 N–H and O–H groups in total. The van der Waals surface area contributed by atoms with Crippen molar-refractivity contribution in [2.24, 2.45) is 0 Å². The summed E-state index contributed by atoms with van der Waals surface area (Å²) in [7, 11) is 0. The van der Waals surface area contributed by atoms with Gasteiger partial charge in [0.15, 0.2) is 0 Å². The third kappa shape index (κ3) is 5.87. The van der Waals surface area contributed by atoms with Crippen LogP contribution in [0.15, 0.2) is 30.3 Å². The number of hydrogen-bond acceptors (Lipinski definition) is 4. The molecule has 0 aliphatic heterocycles. The number of ether oxygens (including phenoxy) is 1. The molecule has 3 rings (SSSR count). The van der Waals surface area contributed by atoms with Gasteiger partial charge in [0, 0.05) is 22.4 Å². The zero-order chi connectivity index (χ0) is 21.0. The van der Waals surface area contributed by atoms with Crippen molar-refractivity contribution in [3.8, 4) is 5.75 Å². The highest BCUT2D eigenvalue weighted by molar-refractivity contribution is 6.30. The smallest absolute Gasteiger partial charge is 0.312 e. The molecule has 0 aromatic heterocycles. The van der Waals surface area contributed by atoms with Crippen LogP contribution in [0.5, 0.6) is 5.75 Å². The summed E-state index contributed by atoms with van der Waals surface area (Å²) in [5, 5.41) is 15.5. The van der Waals surface area contributed by atoms with Crippen LogP contribution in [0.3, 0.4) is 0 Å². The van der Waals surface area contributed by atoms with E-state index in [1.54, 1.807) is 12.1 Å². The van der Waals surface area contributed by atoms with Crippen LogP contribution in [0.25, 0.3) is 0 Å². The number of rotatable bonds is 8. The van der Waals surface area contributed by atoms with Gasteiger partial charge in [-0.3, -0.25) is 9.59 Å². The Labute approximate surface area is 175 Å². The SMILES string of the molecule is Cc1cc(NC(=O)CC(=O)O)cc(C)c1OCc1cc(Cl)cc(NC2CCC2)c1. The highest BCUT2D eigenvalue weighted by atomic mass is 35.5. The number of nitrogens with one attached hydrogen (secondary N) is 2. The van der Waals surface area contributed by atoms with Gasteiger partial charge in [-0.05, 0) is 80.1 Å². The summed E-state index contributed by atoms with van der Waals surface area (Å²) >= 11 is 6.27. The minimum absolute atomic E-state index is 0.367. The Morgan fingerprint density at radius 2 is 1.79 bits per heavy atom. The number of halogens is 1. The Hall–Kier alpha value is -2.73. The maximum atomic E-state index is 11.7. The molecule has 0 atom stereocenters. The predicted octanol–water partition coefficient (Wildman–Crippen LogP) is 4.91. The molecule has 2 aromatic carbocycles. The molecule has 6 nitrogen and oxygen atoms in total. The normalized spacial score (nSPS) is 13.5. The fourth-order valence-corrected chi connectivity index (χ4v) is 3.61. The molecule has 0 bridgehead atoms. The van der Waals surface area contributed by atoms with Crippen LogP contribution >= 0.6 is 11.6 Å². The molecule has 7 heteroatoms. The number of aliphatic carboxylic acids is 1. The third-order valence-corrected chi connectivity index (χ3v) is 5.09. The van der Waals surface area contributed by atoms with Crippen molar-refractivity contribution < 1.29 is 19.4 Å². The van der Waals surface area contributed by atoms with Crippen molar-refractivity contribution in [2.45, 2.75) is 52.2 Å². The van der Waals surface area contributed by atoms with Gasteiger partial charge >= 0.3 is 5.97 Å². The first-order chi connectivity index (χ1) is 13.8. The van der Waals surface area contributed by atoms with Crippen molar-refractivity contribution in [3.63, 3.8) is 0 Å².